The van der Waals surface area contributed by atoms with Crippen molar-refractivity contribution in [2.24, 2.45) is 5.92 Å². The third-order valence-electron chi connectivity index (χ3n) is 8.71. The van der Waals surface area contributed by atoms with Crippen molar-refractivity contribution < 1.29 is 32.6 Å². The average Bonchev–Trinajstić information content (AvgIpc) is 3.06. The third kappa shape index (κ3) is 10.0. The zero-order valence-corrected chi connectivity index (χ0v) is 29.4. The number of likely N-dealkylation sites (N-methyl/N-ethyl adjacent to an activating group) is 1. The summed E-state index contributed by atoms with van der Waals surface area (Å²) in [5, 5.41) is 10.2. The fraction of sp³-hybridized carbons (Fsp3) is 0.459. The van der Waals surface area contributed by atoms with Crippen LogP contribution in [0.25, 0.3) is 0 Å². The minimum absolute atomic E-state index is 0.0337. The Morgan fingerprint density at radius 1 is 1.06 bits per heavy atom. The summed E-state index contributed by atoms with van der Waals surface area (Å²) >= 11 is 0. The van der Waals surface area contributed by atoms with E-state index in [2.05, 4.69) is 4.72 Å². The lowest BCUT2D eigenvalue weighted by Gasteiger charge is -2.36. The molecule has 0 fully saturated rings. The largest absolute Gasteiger partial charge is 0.490 e. The van der Waals surface area contributed by atoms with Crippen LogP contribution in [-0.2, 0) is 26.0 Å². The molecule has 48 heavy (non-hydrogen) atoms. The van der Waals surface area contributed by atoms with Gasteiger partial charge in [0, 0.05) is 38.3 Å². The maximum atomic E-state index is 14.4. The zero-order valence-electron chi connectivity index (χ0n) is 28.6. The smallest absolute Gasteiger partial charge is 0.261 e. The summed E-state index contributed by atoms with van der Waals surface area (Å²) in [6, 6.07) is 20.2. The van der Waals surface area contributed by atoms with Crippen LogP contribution >= 0.6 is 0 Å². The van der Waals surface area contributed by atoms with E-state index >= 15 is 0 Å². The molecule has 10 nitrogen and oxygen atoms in total. The minimum Gasteiger partial charge on any atom is -0.490 e. The lowest BCUT2D eigenvalue weighted by molar-refractivity contribution is -0.131. The summed E-state index contributed by atoms with van der Waals surface area (Å²) in [6.45, 7) is 8.31. The molecule has 1 heterocycles. The predicted molar refractivity (Wildman–Crippen MR) is 187 cm³/mol. The van der Waals surface area contributed by atoms with Crippen molar-refractivity contribution in [1.82, 2.24) is 9.80 Å². The lowest BCUT2D eigenvalue weighted by Crippen LogP contribution is -2.48. The van der Waals surface area contributed by atoms with Gasteiger partial charge in [-0.05, 0) is 75.9 Å². The van der Waals surface area contributed by atoms with Crippen LogP contribution in [0.4, 0.5) is 5.69 Å². The minimum atomic E-state index is -3.93. The van der Waals surface area contributed by atoms with Gasteiger partial charge >= 0.3 is 0 Å². The first-order chi connectivity index (χ1) is 22.9. The van der Waals surface area contributed by atoms with Gasteiger partial charge in [-0.3, -0.25) is 14.3 Å². The van der Waals surface area contributed by atoms with E-state index in [0.717, 1.165) is 24.0 Å². The predicted octanol–water partition coefficient (Wildman–Crippen LogP) is 5.29. The summed E-state index contributed by atoms with van der Waals surface area (Å²) in [5.41, 5.74) is 2.26. The molecule has 1 aliphatic heterocycles. The number of sulfonamides is 1. The van der Waals surface area contributed by atoms with Gasteiger partial charge in [-0.2, -0.15) is 0 Å². The number of aliphatic hydroxyl groups excluding tert-OH is 1. The Balaban J connectivity index is 1.63. The van der Waals surface area contributed by atoms with E-state index in [-0.39, 0.29) is 59.8 Å². The molecule has 0 saturated heterocycles. The molecule has 0 unspecified atom stereocenters. The molecule has 4 rings (SSSR count). The number of nitrogens with one attached hydrogen (secondary N) is 1. The van der Waals surface area contributed by atoms with E-state index < -0.39 is 22.0 Å². The molecule has 3 aromatic rings. The molecular weight excluding hydrogens is 630 g/mol. The second kappa shape index (κ2) is 16.9. The number of hydrogen-bond acceptors (Lipinski definition) is 7. The Kier molecular flexibility index (Phi) is 13.0. The van der Waals surface area contributed by atoms with Gasteiger partial charge in [0.05, 0.1) is 41.7 Å². The van der Waals surface area contributed by atoms with E-state index in [4.69, 9.17) is 9.47 Å². The van der Waals surface area contributed by atoms with Crippen molar-refractivity contribution in [3.8, 4) is 5.75 Å². The highest BCUT2D eigenvalue weighted by molar-refractivity contribution is 7.92. The Morgan fingerprint density at radius 3 is 2.46 bits per heavy atom. The second-order valence-corrected chi connectivity index (χ2v) is 14.5. The van der Waals surface area contributed by atoms with Gasteiger partial charge in [0.2, 0.25) is 5.91 Å². The van der Waals surface area contributed by atoms with Crippen LogP contribution in [-0.4, -0.2) is 86.7 Å². The molecule has 3 aromatic carbocycles. The van der Waals surface area contributed by atoms with Crippen LogP contribution in [0.3, 0.4) is 0 Å². The number of carbonyl (C=O) groups excluding carboxylic acids is 2. The third-order valence-corrected chi connectivity index (χ3v) is 10.1. The zero-order chi connectivity index (χ0) is 34.8. The molecule has 1 aliphatic rings. The second-order valence-electron chi connectivity index (χ2n) is 12.9. The molecule has 0 radical (unpaired) electrons. The highest BCUT2D eigenvalue weighted by Gasteiger charge is 2.31. The van der Waals surface area contributed by atoms with Crippen LogP contribution in [0.2, 0.25) is 0 Å². The van der Waals surface area contributed by atoms with Crippen molar-refractivity contribution in [1.29, 1.82) is 0 Å². The standard InChI is InChI=1S/C37H49N3O7S/c1-26-14-17-32(18-15-26)48(44,45)38-31-16-19-34-33(22-31)37(43)40(28(3)25-41)23-27(2)35(46-20-10-9-11-29(4)47-34)24-39(5)36(42)21-30-12-7-6-8-13-30/h6-8,12-19,22,27-29,35,38,41H,9-11,20-21,23-25H2,1-5H3/t27-,28+,29+,35+/m0/s1. The molecule has 2 amide bonds. The van der Waals surface area contributed by atoms with Gasteiger partial charge in [0.15, 0.2) is 0 Å². The van der Waals surface area contributed by atoms with Gasteiger partial charge in [0.25, 0.3) is 15.9 Å². The Morgan fingerprint density at radius 2 is 1.77 bits per heavy atom. The van der Waals surface area contributed by atoms with Crippen molar-refractivity contribution in [2.75, 3.05) is 38.1 Å². The molecule has 2 N–H and O–H groups in total. The van der Waals surface area contributed by atoms with Crippen molar-refractivity contribution in [3.05, 3.63) is 89.5 Å². The number of hydrogen-bond donors (Lipinski definition) is 2. The quantitative estimate of drug-likeness (QED) is 0.315. The molecule has 260 valence electrons. The monoisotopic (exact) mass is 679 g/mol. The summed E-state index contributed by atoms with van der Waals surface area (Å²) in [7, 11) is -2.16. The lowest BCUT2D eigenvalue weighted by atomic mass is 10.0. The van der Waals surface area contributed by atoms with Gasteiger partial charge in [-0.1, -0.05) is 55.0 Å². The molecule has 4 atom stereocenters. The number of ether oxygens (including phenoxy) is 2. The Hall–Kier alpha value is -3.93. The number of carbonyl (C=O) groups is 2. The van der Waals surface area contributed by atoms with Crippen LogP contribution in [0.5, 0.6) is 5.75 Å². The SMILES string of the molecule is Cc1ccc(S(=O)(=O)Nc2ccc3c(c2)C(=O)N([C@H](C)CO)C[C@H](C)[C@@H](CN(C)C(=O)Cc2ccccc2)OCCCC[C@@H](C)O3)cc1. The number of benzene rings is 3. The highest BCUT2D eigenvalue weighted by Crippen LogP contribution is 2.29. The fourth-order valence-corrected chi connectivity index (χ4v) is 6.71. The molecule has 0 aromatic heterocycles. The summed E-state index contributed by atoms with van der Waals surface area (Å²) in [4.78, 5) is 30.9. The van der Waals surface area contributed by atoms with Crippen molar-refractivity contribution in [2.45, 2.75) is 76.5 Å². The first-order valence-electron chi connectivity index (χ1n) is 16.6. The van der Waals surface area contributed by atoms with E-state index in [9.17, 15) is 23.1 Å². The molecule has 0 bridgehead atoms. The summed E-state index contributed by atoms with van der Waals surface area (Å²) < 4.78 is 41.7. The van der Waals surface area contributed by atoms with E-state index in [0.29, 0.717) is 25.3 Å². The number of fused-ring (bicyclic) bond motifs is 1. The number of aliphatic hydroxyl groups is 1. The number of nitrogens with zero attached hydrogens (tertiary/aromatic N) is 2. The number of rotatable bonds is 9. The number of aryl methyl sites for hydroxylation is 1. The summed E-state index contributed by atoms with van der Waals surface area (Å²) in [6.07, 6.45) is 2.01. The fourth-order valence-electron chi connectivity index (χ4n) is 5.66. The molecule has 0 saturated carbocycles. The van der Waals surface area contributed by atoms with Crippen LogP contribution < -0.4 is 9.46 Å². The van der Waals surface area contributed by atoms with E-state index in [1.807, 2.05) is 51.1 Å². The van der Waals surface area contributed by atoms with Gasteiger partial charge in [0.1, 0.15) is 5.75 Å². The summed E-state index contributed by atoms with van der Waals surface area (Å²) in [5.74, 6) is -0.325. The average molecular weight is 680 g/mol. The van der Waals surface area contributed by atoms with Crippen LogP contribution in [0.1, 0.15) is 61.5 Å². The van der Waals surface area contributed by atoms with Crippen LogP contribution in [0.15, 0.2) is 77.7 Å². The molecular formula is C37H49N3O7S. The maximum absolute atomic E-state index is 14.4. The maximum Gasteiger partial charge on any atom is 0.261 e. The molecule has 0 aliphatic carbocycles. The van der Waals surface area contributed by atoms with Crippen LogP contribution in [0, 0.1) is 12.8 Å². The molecule has 0 spiro atoms. The first-order valence-corrected chi connectivity index (χ1v) is 18.1. The normalized spacial score (nSPS) is 20.2. The highest BCUT2D eigenvalue weighted by atomic mass is 32.2. The van der Waals surface area contributed by atoms with Crippen molar-refractivity contribution >= 4 is 27.5 Å². The topological polar surface area (TPSA) is 125 Å². The number of anilines is 1. The van der Waals surface area contributed by atoms with E-state index in [1.165, 1.54) is 18.2 Å². The number of amides is 2. The first kappa shape index (κ1) is 36.9. The van der Waals surface area contributed by atoms with Gasteiger partial charge < -0.3 is 24.4 Å². The van der Waals surface area contributed by atoms with Gasteiger partial charge in [-0.15, -0.1) is 0 Å². The Labute approximate surface area is 285 Å². The van der Waals surface area contributed by atoms with Crippen molar-refractivity contribution in [3.63, 3.8) is 0 Å². The molecule has 11 heteroatoms. The van der Waals surface area contributed by atoms with E-state index in [1.54, 1.807) is 48.0 Å². The van der Waals surface area contributed by atoms with Gasteiger partial charge in [-0.25, -0.2) is 8.42 Å². The Bertz CT molecular complexity index is 1620.